The summed E-state index contributed by atoms with van der Waals surface area (Å²) < 4.78 is 2.00. The van der Waals surface area contributed by atoms with E-state index in [1.165, 1.54) is 18.1 Å². The van der Waals surface area contributed by atoms with E-state index in [1.807, 2.05) is 31.2 Å². The van der Waals surface area contributed by atoms with Crippen LogP contribution in [0.3, 0.4) is 0 Å². The summed E-state index contributed by atoms with van der Waals surface area (Å²) in [5, 5.41) is 8.67. The number of benzene rings is 1. The third kappa shape index (κ3) is 2.81. The first kappa shape index (κ1) is 13.1. The number of carbonyl (C=O) groups is 1. The second-order valence-electron chi connectivity index (χ2n) is 4.03. The van der Waals surface area contributed by atoms with E-state index in [-0.39, 0.29) is 11.2 Å². The number of fused-ring (bicyclic) bond motifs is 1. The van der Waals surface area contributed by atoms with Crippen molar-refractivity contribution in [3.63, 3.8) is 0 Å². The first-order valence-electron chi connectivity index (χ1n) is 5.91. The van der Waals surface area contributed by atoms with Gasteiger partial charge in [0.15, 0.2) is 4.34 Å². The Morgan fingerprint density at radius 1 is 1.45 bits per heavy atom. The van der Waals surface area contributed by atoms with Crippen molar-refractivity contribution < 1.29 is 4.79 Å². The highest BCUT2D eigenvalue weighted by Crippen LogP contribution is 2.32. The number of hydrogen-bond acceptors (Lipinski definition) is 6. The number of thioether (sulfide) groups is 1. The van der Waals surface area contributed by atoms with Crippen LogP contribution in [0.25, 0.3) is 10.2 Å². The van der Waals surface area contributed by atoms with Crippen molar-refractivity contribution in [2.75, 3.05) is 5.32 Å². The number of para-hydroxylation sites is 1. The highest BCUT2D eigenvalue weighted by atomic mass is 32.2. The SMILES string of the molecule is C[C@H](Sc1nc2ccccc2s1)C(=O)Nc1ncn[nH]1. The Balaban J connectivity index is 1.68. The minimum Gasteiger partial charge on any atom is -0.294 e. The minimum absolute atomic E-state index is 0.133. The Bertz CT molecular complexity index is 691. The van der Waals surface area contributed by atoms with Gasteiger partial charge in [-0.25, -0.2) is 10.1 Å². The van der Waals surface area contributed by atoms with Crippen LogP contribution in [0.4, 0.5) is 5.95 Å². The molecule has 0 aliphatic heterocycles. The number of nitrogens with one attached hydrogen (secondary N) is 2. The molecule has 6 nitrogen and oxygen atoms in total. The summed E-state index contributed by atoms with van der Waals surface area (Å²) >= 11 is 3.02. The Morgan fingerprint density at radius 3 is 3.05 bits per heavy atom. The highest BCUT2D eigenvalue weighted by Gasteiger charge is 2.17. The molecule has 0 saturated heterocycles. The zero-order valence-corrected chi connectivity index (χ0v) is 12.2. The zero-order valence-electron chi connectivity index (χ0n) is 10.5. The lowest BCUT2D eigenvalue weighted by Gasteiger charge is -2.07. The zero-order chi connectivity index (χ0) is 13.9. The van der Waals surface area contributed by atoms with Gasteiger partial charge in [-0.1, -0.05) is 23.9 Å². The van der Waals surface area contributed by atoms with Gasteiger partial charge in [0.25, 0.3) is 0 Å². The number of hydrogen-bond donors (Lipinski definition) is 2. The van der Waals surface area contributed by atoms with Gasteiger partial charge in [0, 0.05) is 0 Å². The van der Waals surface area contributed by atoms with Crippen molar-refractivity contribution in [2.45, 2.75) is 16.5 Å². The summed E-state index contributed by atoms with van der Waals surface area (Å²) in [6.45, 7) is 1.84. The molecular weight excluding hydrogens is 294 g/mol. The maximum Gasteiger partial charge on any atom is 0.240 e. The van der Waals surface area contributed by atoms with Gasteiger partial charge in [0.2, 0.25) is 11.9 Å². The van der Waals surface area contributed by atoms with Crippen LogP contribution in [0.5, 0.6) is 0 Å². The molecule has 0 unspecified atom stereocenters. The van der Waals surface area contributed by atoms with E-state index < -0.39 is 0 Å². The smallest absolute Gasteiger partial charge is 0.240 e. The number of rotatable bonds is 4. The van der Waals surface area contributed by atoms with Crippen LogP contribution in [0.15, 0.2) is 34.9 Å². The van der Waals surface area contributed by atoms with Gasteiger partial charge < -0.3 is 0 Å². The molecule has 20 heavy (non-hydrogen) atoms. The molecule has 2 aromatic heterocycles. The van der Waals surface area contributed by atoms with E-state index in [0.29, 0.717) is 5.95 Å². The third-order valence-corrected chi connectivity index (χ3v) is 4.81. The number of amides is 1. The molecule has 2 heterocycles. The van der Waals surface area contributed by atoms with Crippen molar-refractivity contribution >= 4 is 45.2 Å². The molecular formula is C12H11N5OS2. The summed E-state index contributed by atoms with van der Waals surface area (Å²) in [5.74, 6) is 0.220. The number of nitrogens with zero attached hydrogens (tertiary/aromatic N) is 3. The molecule has 1 aromatic carbocycles. The van der Waals surface area contributed by atoms with Gasteiger partial charge in [-0.05, 0) is 19.1 Å². The lowest BCUT2D eigenvalue weighted by molar-refractivity contribution is -0.115. The number of H-pyrrole nitrogens is 1. The van der Waals surface area contributed by atoms with Crippen LogP contribution < -0.4 is 5.32 Å². The van der Waals surface area contributed by atoms with Crippen molar-refractivity contribution in [1.29, 1.82) is 0 Å². The summed E-state index contributed by atoms with van der Waals surface area (Å²) in [6.07, 6.45) is 1.35. The van der Waals surface area contributed by atoms with Crippen molar-refractivity contribution in [3.05, 3.63) is 30.6 Å². The fourth-order valence-corrected chi connectivity index (χ4v) is 3.80. The van der Waals surface area contributed by atoms with Gasteiger partial charge in [-0.2, -0.15) is 10.1 Å². The molecule has 0 saturated carbocycles. The minimum atomic E-state index is -0.263. The number of carbonyl (C=O) groups excluding carboxylic acids is 1. The summed E-state index contributed by atoms with van der Waals surface area (Å²) in [5.41, 5.74) is 0.961. The Morgan fingerprint density at radius 2 is 2.30 bits per heavy atom. The topological polar surface area (TPSA) is 83.6 Å². The molecule has 102 valence electrons. The molecule has 3 aromatic rings. The predicted octanol–water partition coefficient (Wildman–Crippen LogP) is 2.53. The van der Waals surface area contributed by atoms with Crippen molar-refractivity contribution in [1.82, 2.24) is 20.2 Å². The van der Waals surface area contributed by atoms with Crippen LogP contribution in [0.1, 0.15) is 6.92 Å². The maximum atomic E-state index is 12.0. The summed E-state index contributed by atoms with van der Waals surface area (Å²) in [4.78, 5) is 20.3. The van der Waals surface area contributed by atoms with Gasteiger partial charge in [0.1, 0.15) is 6.33 Å². The Kier molecular flexibility index (Phi) is 3.66. The van der Waals surface area contributed by atoms with E-state index in [1.54, 1.807) is 11.3 Å². The normalized spacial score (nSPS) is 12.4. The molecule has 0 fully saturated rings. The lowest BCUT2D eigenvalue weighted by Crippen LogP contribution is -2.22. The third-order valence-electron chi connectivity index (χ3n) is 2.58. The second kappa shape index (κ2) is 5.59. The first-order valence-corrected chi connectivity index (χ1v) is 7.60. The fraction of sp³-hybridized carbons (Fsp3) is 0.167. The van der Waals surface area contributed by atoms with Crippen LogP contribution in [0.2, 0.25) is 0 Å². The molecule has 2 N–H and O–H groups in total. The van der Waals surface area contributed by atoms with E-state index in [4.69, 9.17) is 0 Å². The number of aromatic nitrogens is 4. The largest absolute Gasteiger partial charge is 0.294 e. The van der Waals surface area contributed by atoms with E-state index in [0.717, 1.165) is 14.6 Å². The van der Waals surface area contributed by atoms with E-state index in [9.17, 15) is 4.79 Å². The van der Waals surface area contributed by atoms with E-state index in [2.05, 4.69) is 25.5 Å². The second-order valence-corrected chi connectivity index (χ2v) is 6.65. The number of anilines is 1. The van der Waals surface area contributed by atoms with Gasteiger partial charge >= 0.3 is 0 Å². The molecule has 1 amide bonds. The molecule has 0 aliphatic rings. The standard InChI is InChI=1S/C12H11N5OS2/c1-7(10(18)16-11-13-6-14-17-11)19-12-15-8-4-2-3-5-9(8)20-12/h2-7H,1H3,(H2,13,14,16,17,18)/t7-/m0/s1. The highest BCUT2D eigenvalue weighted by molar-refractivity contribution is 8.02. The van der Waals surface area contributed by atoms with Crippen LogP contribution in [-0.2, 0) is 4.79 Å². The van der Waals surface area contributed by atoms with Crippen LogP contribution in [0, 0.1) is 0 Å². The average molecular weight is 305 g/mol. The molecule has 1 atom stereocenters. The van der Waals surface area contributed by atoms with Crippen LogP contribution in [-0.4, -0.2) is 31.3 Å². The van der Waals surface area contributed by atoms with Gasteiger partial charge in [-0.3, -0.25) is 10.1 Å². The Hall–Kier alpha value is -1.93. The lowest BCUT2D eigenvalue weighted by atomic mass is 10.3. The fourth-order valence-electron chi connectivity index (χ4n) is 1.59. The number of thiazole rings is 1. The monoisotopic (exact) mass is 305 g/mol. The molecule has 0 bridgehead atoms. The molecule has 0 spiro atoms. The molecule has 3 rings (SSSR count). The molecule has 0 radical (unpaired) electrons. The summed E-state index contributed by atoms with van der Waals surface area (Å²) in [6, 6.07) is 7.93. The van der Waals surface area contributed by atoms with Gasteiger partial charge in [-0.15, -0.1) is 11.3 Å². The average Bonchev–Trinajstić information content (AvgIpc) is 3.06. The van der Waals surface area contributed by atoms with Crippen LogP contribution >= 0.6 is 23.1 Å². The first-order chi connectivity index (χ1) is 9.72. The number of aromatic amines is 1. The predicted molar refractivity (Wildman–Crippen MR) is 80.0 cm³/mol. The van der Waals surface area contributed by atoms with Gasteiger partial charge in [0.05, 0.1) is 15.5 Å². The molecule has 0 aliphatic carbocycles. The van der Waals surface area contributed by atoms with Crippen molar-refractivity contribution in [2.24, 2.45) is 0 Å². The van der Waals surface area contributed by atoms with E-state index >= 15 is 0 Å². The maximum absolute atomic E-state index is 12.0. The molecule has 8 heteroatoms. The summed E-state index contributed by atoms with van der Waals surface area (Å²) in [7, 11) is 0. The quantitative estimate of drug-likeness (QED) is 0.724. The Labute approximate surface area is 123 Å². The van der Waals surface area contributed by atoms with Crippen molar-refractivity contribution in [3.8, 4) is 0 Å².